The van der Waals surface area contributed by atoms with Crippen molar-refractivity contribution in [1.82, 2.24) is 15.3 Å². The molecular weight excluding hydrogens is 374 g/mol. The summed E-state index contributed by atoms with van der Waals surface area (Å²) in [5.74, 6) is -2.59. The third-order valence-electron chi connectivity index (χ3n) is 5.16. The van der Waals surface area contributed by atoms with Crippen LogP contribution in [0.2, 0.25) is 0 Å². The zero-order valence-electron chi connectivity index (χ0n) is 17.4. The highest BCUT2D eigenvalue weighted by molar-refractivity contribution is 6.09. The minimum absolute atomic E-state index is 0.204. The largest absolute Gasteiger partial charge is 0.354 e. The molecule has 5 nitrogen and oxygen atoms in total. The lowest BCUT2D eigenvalue weighted by Gasteiger charge is -2.35. The van der Waals surface area contributed by atoms with Crippen molar-refractivity contribution in [2.24, 2.45) is 5.92 Å². The van der Waals surface area contributed by atoms with Gasteiger partial charge in [-0.2, -0.15) is 0 Å². The fraction of sp³-hybridized carbons (Fsp3) is 0.500. The Morgan fingerprint density at radius 2 is 2.10 bits per heavy atom. The van der Waals surface area contributed by atoms with Gasteiger partial charge < -0.3 is 10.2 Å². The highest BCUT2D eigenvalue weighted by atomic mass is 19.3. The first kappa shape index (κ1) is 21.3. The van der Waals surface area contributed by atoms with E-state index in [4.69, 9.17) is 0 Å². The maximum absolute atomic E-state index is 14.2. The number of hydrogen-bond acceptors (Lipinski definition) is 5. The molecule has 1 aliphatic rings. The summed E-state index contributed by atoms with van der Waals surface area (Å²) in [6, 6.07) is 6.45. The van der Waals surface area contributed by atoms with E-state index in [1.807, 2.05) is 0 Å². The van der Waals surface area contributed by atoms with Crippen LogP contribution < -0.4 is 10.2 Å². The van der Waals surface area contributed by atoms with Crippen LogP contribution in [-0.2, 0) is 5.92 Å². The number of nitrogens with one attached hydrogen (secondary N) is 1. The number of aromatic nitrogens is 2. The van der Waals surface area contributed by atoms with Gasteiger partial charge in [-0.1, -0.05) is 13.8 Å². The van der Waals surface area contributed by atoms with E-state index in [0.717, 1.165) is 26.4 Å². The SMILES string of the molecule is Cc1ncccc1C(=O)c1nc(N2CCN[C@@H](CC(C)C)C2)ccc1C(C)(F)F. The Morgan fingerprint density at radius 3 is 2.76 bits per heavy atom. The molecule has 0 bridgehead atoms. The van der Waals surface area contributed by atoms with Gasteiger partial charge in [-0.15, -0.1) is 0 Å². The number of carbonyl (C=O) groups is 1. The lowest BCUT2D eigenvalue weighted by atomic mass is 9.99. The molecule has 3 rings (SSSR count). The third-order valence-corrected chi connectivity index (χ3v) is 5.16. The van der Waals surface area contributed by atoms with E-state index in [2.05, 4.69) is 34.0 Å². The van der Waals surface area contributed by atoms with E-state index < -0.39 is 11.7 Å². The Balaban J connectivity index is 1.98. The standard InChI is InChI=1S/C22H28F2N4O/c1-14(2)12-16-13-28(11-10-26-16)19-8-7-18(22(4,23)24)20(27-19)21(29)17-6-5-9-25-15(17)3/h5-9,14,16,26H,10-13H2,1-4H3/t16-/m0/s1. The molecule has 1 fully saturated rings. The first-order valence-electron chi connectivity index (χ1n) is 10.0. The molecule has 2 aromatic rings. The van der Waals surface area contributed by atoms with Crippen molar-refractivity contribution in [2.45, 2.75) is 46.1 Å². The number of halogens is 2. The Bertz CT molecular complexity index is 879. The molecule has 7 heteroatoms. The first-order valence-corrected chi connectivity index (χ1v) is 10.0. The fourth-order valence-electron chi connectivity index (χ4n) is 3.76. The minimum Gasteiger partial charge on any atom is -0.354 e. The number of alkyl halides is 2. The number of aryl methyl sites for hydroxylation is 1. The molecule has 0 unspecified atom stereocenters. The second kappa shape index (κ2) is 8.53. The van der Waals surface area contributed by atoms with Crippen LogP contribution in [0.3, 0.4) is 0 Å². The van der Waals surface area contributed by atoms with Crippen molar-refractivity contribution in [3.8, 4) is 0 Å². The van der Waals surface area contributed by atoms with Gasteiger partial charge in [-0.25, -0.2) is 13.8 Å². The van der Waals surface area contributed by atoms with Crippen molar-refractivity contribution < 1.29 is 13.6 Å². The normalized spacial score (nSPS) is 17.6. The molecule has 1 saturated heterocycles. The monoisotopic (exact) mass is 402 g/mol. The molecular formula is C22H28F2N4O. The van der Waals surface area contributed by atoms with Crippen LogP contribution in [0.1, 0.15) is 54.5 Å². The second-order valence-corrected chi connectivity index (χ2v) is 8.15. The summed E-state index contributed by atoms with van der Waals surface area (Å²) < 4.78 is 28.5. The van der Waals surface area contributed by atoms with Gasteiger partial charge in [0.05, 0.1) is 5.56 Å². The summed E-state index contributed by atoms with van der Waals surface area (Å²) in [5, 5.41) is 3.49. The second-order valence-electron chi connectivity index (χ2n) is 8.15. The van der Waals surface area contributed by atoms with Gasteiger partial charge in [-0.05, 0) is 43.5 Å². The number of pyridine rings is 2. The van der Waals surface area contributed by atoms with E-state index in [9.17, 15) is 13.6 Å². The molecule has 1 N–H and O–H groups in total. The predicted molar refractivity (Wildman–Crippen MR) is 110 cm³/mol. The molecule has 0 aliphatic carbocycles. The van der Waals surface area contributed by atoms with E-state index in [1.54, 1.807) is 31.3 Å². The molecule has 2 aromatic heterocycles. The highest BCUT2D eigenvalue weighted by Gasteiger charge is 2.33. The topological polar surface area (TPSA) is 58.1 Å². The molecule has 29 heavy (non-hydrogen) atoms. The molecule has 0 aromatic carbocycles. The maximum atomic E-state index is 14.2. The lowest BCUT2D eigenvalue weighted by Crippen LogP contribution is -2.51. The van der Waals surface area contributed by atoms with Gasteiger partial charge in [0.15, 0.2) is 0 Å². The van der Waals surface area contributed by atoms with Gasteiger partial charge in [0.2, 0.25) is 5.78 Å². The summed E-state index contributed by atoms with van der Waals surface area (Å²) in [6.07, 6.45) is 2.59. The molecule has 1 aliphatic heterocycles. The number of ketones is 1. The smallest absolute Gasteiger partial charge is 0.272 e. The number of anilines is 1. The third kappa shape index (κ3) is 4.96. The maximum Gasteiger partial charge on any atom is 0.272 e. The number of carbonyl (C=O) groups excluding carboxylic acids is 1. The lowest BCUT2D eigenvalue weighted by molar-refractivity contribution is 0.0161. The van der Waals surface area contributed by atoms with Crippen LogP contribution in [0.5, 0.6) is 0 Å². The molecule has 0 saturated carbocycles. The van der Waals surface area contributed by atoms with Crippen molar-refractivity contribution in [1.29, 1.82) is 0 Å². The minimum atomic E-state index is -3.17. The summed E-state index contributed by atoms with van der Waals surface area (Å²) in [7, 11) is 0. The van der Waals surface area contributed by atoms with E-state index in [0.29, 0.717) is 35.6 Å². The van der Waals surface area contributed by atoms with Crippen molar-refractivity contribution >= 4 is 11.6 Å². The van der Waals surface area contributed by atoms with E-state index >= 15 is 0 Å². The van der Waals surface area contributed by atoms with Crippen LogP contribution in [0.25, 0.3) is 0 Å². The van der Waals surface area contributed by atoms with Crippen molar-refractivity contribution in [3.05, 3.63) is 53.0 Å². The van der Waals surface area contributed by atoms with Crippen LogP contribution in [0, 0.1) is 12.8 Å². The summed E-state index contributed by atoms with van der Waals surface area (Å²) in [6.45, 7) is 9.05. The molecule has 156 valence electrons. The number of hydrogen-bond donors (Lipinski definition) is 1. The van der Waals surface area contributed by atoms with Crippen LogP contribution in [0.15, 0.2) is 30.5 Å². The Kier molecular flexibility index (Phi) is 6.27. The number of piperazine rings is 1. The van der Waals surface area contributed by atoms with Crippen molar-refractivity contribution in [2.75, 3.05) is 24.5 Å². The van der Waals surface area contributed by atoms with E-state index in [-0.39, 0.29) is 11.3 Å². The molecule has 1 atom stereocenters. The molecule has 0 radical (unpaired) electrons. The van der Waals surface area contributed by atoms with E-state index in [1.165, 1.54) is 6.07 Å². The highest BCUT2D eigenvalue weighted by Crippen LogP contribution is 2.32. The van der Waals surface area contributed by atoms with Gasteiger partial charge in [0.1, 0.15) is 11.5 Å². The molecule has 0 spiro atoms. The Morgan fingerprint density at radius 1 is 1.34 bits per heavy atom. The average Bonchev–Trinajstić information content (AvgIpc) is 2.66. The van der Waals surface area contributed by atoms with Gasteiger partial charge in [0, 0.05) is 50.1 Å². The molecule has 3 heterocycles. The first-order chi connectivity index (χ1) is 13.7. The summed E-state index contributed by atoms with van der Waals surface area (Å²) in [5.41, 5.74) is 0.225. The Hall–Kier alpha value is -2.41. The van der Waals surface area contributed by atoms with Gasteiger partial charge in [-0.3, -0.25) is 9.78 Å². The average molecular weight is 402 g/mol. The molecule has 0 amide bonds. The quantitative estimate of drug-likeness (QED) is 0.742. The number of rotatable bonds is 6. The zero-order valence-corrected chi connectivity index (χ0v) is 17.4. The Labute approximate surface area is 170 Å². The van der Waals surface area contributed by atoms with Crippen molar-refractivity contribution in [3.63, 3.8) is 0 Å². The van der Waals surface area contributed by atoms with Gasteiger partial charge in [0.25, 0.3) is 5.92 Å². The van der Waals surface area contributed by atoms with Gasteiger partial charge >= 0.3 is 0 Å². The van der Waals surface area contributed by atoms with Crippen LogP contribution >= 0.6 is 0 Å². The van der Waals surface area contributed by atoms with Crippen LogP contribution in [0.4, 0.5) is 14.6 Å². The number of nitrogens with zero attached hydrogens (tertiary/aromatic N) is 3. The summed E-state index contributed by atoms with van der Waals surface area (Å²) in [4.78, 5) is 23.7. The predicted octanol–water partition coefficient (Wildman–Crippen LogP) is 3.95. The summed E-state index contributed by atoms with van der Waals surface area (Å²) >= 11 is 0. The zero-order chi connectivity index (χ0) is 21.2. The fourth-order valence-corrected chi connectivity index (χ4v) is 3.76. The van der Waals surface area contributed by atoms with Crippen LogP contribution in [-0.4, -0.2) is 41.4 Å².